The van der Waals surface area contributed by atoms with Crippen molar-refractivity contribution in [2.75, 3.05) is 9.86 Å². The van der Waals surface area contributed by atoms with E-state index in [1.165, 1.54) is 12.1 Å². The highest BCUT2D eigenvalue weighted by Crippen LogP contribution is 2.39. The van der Waals surface area contributed by atoms with Crippen molar-refractivity contribution < 1.29 is 18.1 Å². The topological polar surface area (TPSA) is 106 Å². The van der Waals surface area contributed by atoms with Crippen molar-refractivity contribution in [3.05, 3.63) is 272 Å². The molecule has 446 valence electrons. The molecule has 15 rings (SSSR count). The summed E-state index contributed by atoms with van der Waals surface area (Å²) >= 11 is 10.3. The first-order chi connectivity index (χ1) is 43.9. The Bertz CT molecular complexity index is 4560. The van der Waals surface area contributed by atoms with Crippen molar-refractivity contribution in [2.24, 2.45) is 0 Å². The number of fused-ring (bicyclic) bond motifs is 6. The number of halogens is 5. The molecule has 0 bridgehead atoms. The van der Waals surface area contributed by atoms with E-state index in [9.17, 15) is 0 Å². The second-order valence-electron chi connectivity index (χ2n) is 21.7. The van der Waals surface area contributed by atoms with Gasteiger partial charge in [0.2, 0.25) is 5.28 Å². The SMILES string of the molecule is CC1(C)OB(c2ccc(F)c(-n3c4ccccc4c4ccccc43)c2)OC1(C)C.CI.CI.Clc1nc(-c2ccccc2)nc(-c2ccccc2)n1.Fc1ccc(-c2nc(-c3ccccc3)nc(-c3ccccc3)n2)cc1-n1c2ccccc2c2ccccc21. The predicted molar refractivity (Wildman–Crippen MR) is 382 cm³/mol. The van der Waals surface area contributed by atoms with Crippen LogP contribution in [0, 0.1) is 11.6 Å². The number of para-hydroxylation sites is 4. The van der Waals surface area contributed by atoms with Crippen molar-refractivity contribution in [2.45, 2.75) is 38.9 Å². The van der Waals surface area contributed by atoms with Crippen LogP contribution < -0.4 is 5.46 Å². The van der Waals surface area contributed by atoms with E-state index in [2.05, 4.69) is 84.4 Å². The van der Waals surface area contributed by atoms with Gasteiger partial charge in [-0.3, -0.25) is 0 Å². The van der Waals surface area contributed by atoms with Crippen LogP contribution in [-0.2, 0) is 9.31 Å². The molecular formula is C74H60BClF2I2N8O2. The summed E-state index contributed by atoms with van der Waals surface area (Å²) in [5, 5.41) is 4.55. The van der Waals surface area contributed by atoms with Gasteiger partial charge in [0.15, 0.2) is 29.1 Å². The third-order valence-corrected chi connectivity index (χ3v) is 15.9. The molecule has 0 saturated carbocycles. The minimum atomic E-state index is -0.535. The summed E-state index contributed by atoms with van der Waals surface area (Å²) < 4.78 is 46.9. The van der Waals surface area contributed by atoms with Crippen LogP contribution in [0.4, 0.5) is 8.78 Å². The second-order valence-corrected chi connectivity index (χ2v) is 22.1. The molecule has 1 fully saturated rings. The molecule has 1 aliphatic rings. The van der Waals surface area contributed by atoms with Gasteiger partial charge in [-0.25, -0.2) is 28.7 Å². The number of hydrogen-bond acceptors (Lipinski definition) is 8. The van der Waals surface area contributed by atoms with Crippen molar-refractivity contribution in [3.8, 4) is 68.3 Å². The summed E-state index contributed by atoms with van der Waals surface area (Å²) in [5.41, 5.74) is 9.00. The zero-order valence-electron chi connectivity index (χ0n) is 50.1. The van der Waals surface area contributed by atoms with Crippen LogP contribution in [0.3, 0.4) is 0 Å². The quantitative estimate of drug-likeness (QED) is 0.0841. The summed E-state index contributed by atoms with van der Waals surface area (Å²) in [7, 11) is -0.535. The van der Waals surface area contributed by atoms with Crippen LogP contribution in [0.5, 0.6) is 0 Å². The molecule has 4 aromatic heterocycles. The number of benzene rings is 10. The van der Waals surface area contributed by atoms with Crippen molar-refractivity contribution in [1.82, 2.24) is 39.0 Å². The third-order valence-electron chi connectivity index (χ3n) is 15.7. The van der Waals surface area contributed by atoms with E-state index in [-0.39, 0.29) is 16.9 Å². The molecule has 0 unspecified atom stereocenters. The lowest BCUT2D eigenvalue weighted by Crippen LogP contribution is -2.41. The molecule has 0 spiro atoms. The van der Waals surface area contributed by atoms with Gasteiger partial charge in [0.1, 0.15) is 11.6 Å². The zero-order chi connectivity index (χ0) is 62.9. The minimum Gasteiger partial charge on any atom is -0.399 e. The van der Waals surface area contributed by atoms with Crippen molar-refractivity contribution >= 4 is 113 Å². The Morgan fingerprint density at radius 3 is 0.967 bits per heavy atom. The molecule has 10 aromatic carbocycles. The highest BCUT2D eigenvalue weighted by atomic mass is 127. The lowest BCUT2D eigenvalue weighted by molar-refractivity contribution is 0.00578. The van der Waals surface area contributed by atoms with Gasteiger partial charge in [0.25, 0.3) is 0 Å². The first-order valence-corrected chi connectivity index (χ1v) is 33.6. The zero-order valence-corrected chi connectivity index (χ0v) is 55.2. The smallest absolute Gasteiger partial charge is 0.399 e. The molecule has 16 heteroatoms. The first-order valence-electron chi connectivity index (χ1n) is 28.9. The molecule has 0 amide bonds. The van der Waals surface area contributed by atoms with Crippen LogP contribution in [0.1, 0.15) is 27.7 Å². The Kier molecular flexibility index (Phi) is 19.6. The van der Waals surface area contributed by atoms with E-state index < -0.39 is 18.3 Å². The Labute approximate surface area is 554 Å². The van der Waals surface area contributed by atoms with E-state index in [0.717, 1.165) is 71.3 Å². The van der Waals surface area contributed by atoms with E-state index in [1.54, 1.807) is 12.1 Å². The summed E-state index contributed by atoms with van der Waals surface area (Å²) in [6, 6.07) is 81.5. The number of hydrogen-bond donors (Lipinski definition) is 0. The van der Waals surface area contributed by atoms with Gasteiger partial charge < -0.3 is 18.4 Å². The Hall–Kier alpha value is -8.59. The largest absolute Gasteiger partial charge is 0.494 e. The fraction of sp³-hybridized carbons (Fsp3) is 0.108. The maximum absolute atomic E-state index is 15.5. The third kappa shape index (κ3) is 13.2. The lowest BCUT2D eigenvalue weighted by Gasteiger charge is -2.32. The fourth-order valence-electron chi connectivity index (χ4n) is 10.7. The fourth-order valence-corrected chi connectivity index (χ4v) is 10.9. The molecule has 0 radical (unpaired) electrons. The molecular weight excluding hydrogens is 1370 g/mol. The molecule has 0 N–H and O–H groups in total. The normalized spacial score (nSPS) is 12.9. The van der Waals surface area contributed by atoms with Gasteiger partial charge in [0, 0.05) is 49.4 Å². The maximum Gasteiger partial charge on any atom is 0.494 e. The number of aromatic nitrogens is 8. The number of nitrogens with zero attached hydrogens (tertiary/aromatic N) is 8. The molecule has 5 heterocycles. The summed E-state index contributed by atoms with van der Waals surface area (Å²) in [6.07, 6.45) is 0. The van der Waals surface area contributed by atoms with Gasteiger partial charge in [-0.2, -0.15) is 9.97 Å². The Morgan fingerprint density at radius 1 is 0.344 bits per heavy atom. The van der Waals surface area contributed by atoms with E-state index in [4.69, 9.17) is 35.9 Å². The molecule has 0 aliphatic carbocycles. The average molecular weight is 1430 g/mol. The van der Waals surface area contributed by atoms with Gasteiger partial charge in [-0.1, -0.05) is 245 Å². The number of alkyl halides is 2. The highest BCUT2D eigenvalue weighted by molar-refractivity contribution is 14.1. The standard InChI is InChI=1S/C33H21FN4.C24H23BFNO2.C15H10ClN3.2CH3I/c34-27-20-19-24(21-30(27)38-28-17-9-7-15-25(28)26-16-8-10-18-29(26)38)33-36-31(22-11-3-1-4-12-22)35-32(37-33)23-13-5-2-6-14-23;1-23(2)24(3,4)29-25(28-23)16-13-14-19(26)22(15-16)27-20-11-7-5-9-17(20)18-10-6-8-12-21(18)27;16-15-18-13(11-7-3-1-4-8-11)17-14(19-15)12-9-5-2-6-10-12;2*1-2/h1-21H;5-15H,1-4H3;1-10H;2*1H3. The first kappa shape index (κ1) is 63.0. The second kappa shape index (κ2) is 28.1. The Morgan fingerprint density at radius 2 is 0.622 bits per heavy atom. The van der Waals surface area contributed by atoms with Crippen LogP contribution in [0.25, 0.3) is 112 Å². The summed E-state index contributed by atoms with van der Waals surface area (Å²) in [6.45, 7) is 8.07. The van der Waals surface area contributed by atoms with E-state index >= 15 is 8.78 Å². The Balaban J connectivity index is 0.000000142. The minimum absolute atomic E-state index is 0.202. The van der Waals surface area contributed by atoms with Gasteiger partial charge >= 0.3 is 7.12 Å². The monoisotopic (exact) mass is 1430 g/mol. The highest BCUT2D eigenvalue weighted by Gasteiger charge is 2.52. The van der Waals surface area contributed by atoms with Crippen molar-refractivity contribution in [3.63, 3.8) is 0 Å². The average Bonchev–Trinajstić information content (AvgIpc) is 1.71. The van der Waals surface area contributed by atoms with Gasteiger partial charge in [-0.05, 0) is 109 Å². The number of rotatable bonds is 8. The van der Waals surface area contributed by atoms with Crippen LogP contribution in [0.2, 0.25) is 5.28 Å². The van der Waals surface area contributed by atoms with Gasteiger partial charge in [0.05, 0.1) is 44.6 Å². The summed E-state index contributed by atoms with van der Waals surface area (Å²) in [5.74, 6) is 2.19. The molecule has 90 heavy (non-hydrogen) atoms. The van der Waals surface area contributed by atoms with Gasteiger partial charge in [-0.15, -0.1) is 0 Å². The molecule has 14 aromatic rings. The maximum atomic E-state index is 15.5. The lowest BCUT2D eigenvalue weighted by atomic mass is 9.79. The molecule has 10 nitrogen and oxygen atoms in total. The predicted octanol–water partition coefficient (Wildman–Crippen LogP) is 19.3. The molecule has 1 aliphatic heterocycles. The molecule has 1 saturated heterocycles. The van der Waals surface area contributed by atoms with Crippen molar-refractivity contribution in [1.29, 1.82) is 0 Å². The summed E-state index contributed by atoms with van der Waals surface area (Å²) in [4.78, 5) is 31.2. The van der Waals surface area contributed by atoms with Crippen LogP contribution in [-0.4, -0.2) is 67.2 Å². The van der Waals surface area contributed by atoms with E-state index in [1.807, 2.05) is 253 Å². The van der Waals surface area contributed by atoms with E-state index in [0.29, 0.717) is 46.1 Å². The van der Waals surface area contributed by atoms with Crippen LogP contribution in [0.15, 0.2) is 255 Å². The van der Waals surface area contributed by atoms with Crippen LogP contribution >= 0.6 is 56.8 Å². The molecule has 0 atom stereocenters.